The van der Waals surface area contributed by atoms with Crippen LogP contribution in [-0.4, -0.2) is 42.3 Å². The van der Waals surface area contributed by atoms with Gasteiger partial charge in [0.15, 0.2) is 17.3 Å². The van der Waals surface area contributed by atoms with E-state index in [1.807, 2.05) is 47.2 Å². The van der Waals surface area contributed by atoms with Gasteiger partial charge in [-0.1, -0.05) is 6.07 Å². The molecule has 214 valence electrons. The topological polar surface area (TPSA) is 152 Å². The molecule has 7 rings (SSSR count). The number of halogens is 1. The Hall–Kier alpha value is -5.23. The Labute approximate surface area is 254 Å². The molecule has 1 aliphatic rings. The zero-order valence-corrected chi connectivity index (χ0v) is 24.6. The summed E-state index contributed by atoms with van der Waals surface area (Å²) in [6.07, 6.45) is 6.76. The van der Waals surface area contributed by atoms with Crippen molar-refractivity contribution in [2.75, 3.05) is 18.6 Å². The van der Waals surface area contributed by atoms with Crippen molar-refractivity contribution in [2.45, 2.75) is 18.9 Å². The van der Waals surface area contributed by atoms with E-state index >= 15 is 0 Å². The van der Waals surface area contributed by atoms with Crippen molar-refractivity contribution < 1.29 is 9.53 Å². The van der Waals surface area contributed by atoms with E-state index in [0.717, 1.165) is 29.7 Å². The molecule has 0 saturated heterocycles. The molecule has 0 saturated carbocycles. The number of aryl methyl sites for hydroxylation is 1. The summed E-state index contributed by atoms with van der Waals surface area (Å²) < 4.78 is 9.66. The highest BCUT2D eigenvalue weighted by Gasteiger charge is 2.27. The Bertz CT molecular complexity index is 2020. The third-order valence-corrected chi connectivity index (χ3v) is 8.26. The van der Waals surface area contributed by atoms with E-state index in [1.54, 1.807) is 36.3 Å². The van der Waals surface area contributed by atoms with Crippen molar-refractivity contribution in [1.82, 2.24) is 34.6 Å². The fourth-order valence-electron chi connectivity index (χ4n) is 5.56. The summed E-state index contributed by atoms with van der Waals surface area (Å²) in [6.45, 7) is 0. The number of carbonyl (C=O) groups excluding carboxylic acids is 1. The largest absolute Gasteiger partial charge is 0.495 e. The fourth-order valence-corrected chi connectivity index (χ4v) is 6.07. The van der Waals surface area contributed by atoms with Crippen molar-refractivity contribution in [3.8, 4) is 28.6 Å². The number of nitrogens with two attached hydrogens (primary N) is 2. The van der Waals surface area contributed by atoms with Gasteiger partial charge in [-0.15, -0.1) is 0 Å². The number of nitrogen functional groups attached to an aromatic ring is 2. The van der Waals surface area contributed by atoms with E-state index in [-0.39, 0.29) is 11.9 Å². The number of hydrogen-bond donors (Lipinski definition) is 3. The molecule has 4 heterocycles. The van der Waals surface area contributed by atoms with Gasteiger partial charge in [-0.25, -0.2) is 19.6 Å². The lowest BCUT2D eigenvalue weighted by molar-refractivity contribution is 0.0937. The molecule has 0 bridgehead atoms. The van der Waals surface area contributed by atoms with Crippen LogP contribution in [0, 0.1) is 0 Å². The average Bonchev–Trinajstić information content (AvgIpc) is 3.77. The summed E-state index contributed by atoms with van der Waals surface area (Å²) in [5, 5.41) is 7.50. The van der Waals surface area contributed by atoms with Gasteiger partial charge in [-0.3, -0.25) is 9.36 Å². The molecule has 2 aromatic carbocycles. The number of anilines is 2. The molecular formula is C31H26BrN9O2. The van der Waals surface area contributed by atoms with Crippen LogP contribution in [0.3, 0.4) is 0 Å². The van der Waals surface area contributed by atoms with Gasteiger partial charge in [0.05, 0.1) is 28.8 Å². The third kappa shape index (κ3) is 4.65. The predicted molar refractivity (Wildman–Crippen MR) is 167 cm³/mol. The lowest BCUT2D eigenvalue weighted by atomic mass is 10.1. The second kappa shape index (κ2) is 10.6. The van der Waals surface area contributed by atoms with Gasteiger partial charge in [0.2, 0.25) is 0 Å². The smallest absolute Gasteiger partial charge is 0.253 e. The van der Waals surface area contributed by atoms with Gasteiger partial charge in [-0.2, -0.15) is 5.10 Å². The third-order valence-electron chi connectivity index (χ3n) is 7.64. The molecule has 5 N–H and O–H groups in total. The summed E-state index contributed by atoms with van der Waals surface area (Å²) in [5.74, 6) is 2.00. The standard InChI is InChI=1S/C31H26BrN9O2/c1-43-26-16-23(33)21(15-22(26)32)31(42)38-24-8-5-17-14-18(6-7-19(17)24)41-29(20-4-2-11-35-28(20)34)37-25-9-10-27(39-30(25)41)40-13-3-12-36-40/h2-4,6-7,9-16,24H,5,8,33H2,1H3,(H2,34,35)(H,38,42)/t24-/m0/s1. The molecule has 1 atom stereocenters. The highest BCUT2D eigenvalue weighted by Crippen LogP contribution is 2.37. The zero-order valence-electron chi connectivity index (χ0n) is 23.0. The zero-order chi connectivity index (χ0) is 29.7. The number of fused-ring (bicyclic) bond motifs is 2. The molecule has 0 unspecified atom stereocenters. The average molecular weight is 637 g/mol. The Morgan fingerprint density at radius 3 is 2.74 bits per heavy atom. The monoisotopic (exact) mass is 635 g/mol. The Balaban J connectivity index is 1.28. The summed E-state index contributed by atoms with van der Waals surface area (Å²) in [7, 11) is 1.55. The summed E-state index contributed by atoms with van der Waals surface area (Å²) in [6, 6.07) is 18.7. The van der Waals surface area contributed by atoms with Crippen molar-refractivity contribution in [3.05, 3.63) is 100 Å². The van der Waals surface area contributed by atoms with Gasteiger partial charge >= 0.3 is 0 Å². The molecular weight excluding hydrogens is 610 g/mol. The number of aromatic nitrogens is 6. The first-order valence-electron chi connectivity index (χ1n) is 13.6. The number of rotatable bonds is 6. The Kier molecular flexibility index (Phi) is 6.54. The second-order valence-electron chi connectivity index (χ2n) is 10.2. The van der Waals surface area contributed by atoms with Crippen LogP contribution >= 0.6 is 15.9 Å². The normalized spacial score (nSPS) is 14.1. The van der Waals surface area contributed by atoms with Crippen LogP contribution in [0.25, 0.3) is 34.1 Å². The maximum atomic E-state index is 13.2. The summed E-state index contributed by atoms with van der Waals surface area (Å²) >= 11 is 3.45. The Morgan fingerprint density at radius 1 is 1.07 bits per heavy atom. The predicted octanol–water partition coefficient (Wildman–Crippen LogP) is 5.02. The number of nitrogens with zero attached hydrogens (tertiary/aromatic N) is 6. The van der Waals surface area contributed by atoms with E-state index in [1.165, 1.54) is 0 Å². The highest BCUT2D eigenvalue weighted by molar-refractivity contribution is 9.10. The van der Waals surface area contributed by atoms with Crippen LogP contribution in [-0.2, 0) is 6.42 Å². The molecule has 0 radical (unpaired) electrons. The quantitative estimate of drug-likeness (QED) is 0.216. The van der Waals surface area contributed by atoms with E-state index < -0.39 is 0 Å². The van der Waals surface area contributed by atoms with Crippen LogP contribution in [0.4, 0.5) is 11.5 Å². The van der Waals surface area contributed by atoms with Crippen LogP contribution in [0.1, 0.15) is 33.9 Å². The van der Waals surface area contributed by atoms with Crippen molar-refractivity contribution in [2.24, 2.45) is 0 Å². The lowest BCUT2D eigenvalue weighted by Gasteiger charge is -2.17. The maximum Gasteiger partial charge on any atom is 0.253 e. The van der Waals surface area contributed by atoms with E-state index in [4.69, 9.17) is 26.2 Å². The van der Waals surface area contributed by atoms with Crippen LogP contribution in [0.15, 0.2) is 83.7 Å². The number of amides is 1. The SMILES string of the molecule is COc1cc(N)c(C(=O)N[C@H]2CCc3cc(-n4c(-c5cccnc5N)nc5ccc(-n6cccn6)nc54)ccc32)cc1Br. The minimum Gasteiger partial charge on any atom is -0.495 e. The first kappa shape index (κ1) is 26.7. The van der Waals surface area contributed by atoms with Gasteiger partial charge in [0, 0.05) is 36.0 Å². The molecule has 1 aliphatic carbocycles. The number of methoxy groups -OCH3 is 1. The van der Waals surface area contributed by atoms with Gasteiger partial charge in [0.1, 0.15) is 17.1 Å². The summed E-state index contributed by atoms with van der Waals surface area (Å²) in [5.41, 5.74) is 18.4. The molecule has 0 aliphatic heterocycles. The van der Waals surface area contributed by atoms with Gasteiger partial charge in [0.25, 0.3) is 5.91 Å². The maximum absolute atomic E-state index is 13.2. The van der Waals surface area contributed by atoms with Crippen LogP contribution < -0.4 is 21.5 Å². The van der Waals surface area contributed by atoms with Gasteiger partial charge in [-0.05, 0) is 88.4 Å². The molecule has 0 spiro atoms. The molecule has 0 fully saturated rings. The van der Waals surface area contributed by atoms with E-state index in [0.29, 0.717) is 55.7 Å². The molecule has 4 aromatic heterocycles. The van der Waals surface area contributed by atoms with Crippen molar-refractivity contribution in [3.63, 3.8) is 0 Å². The Morgan fingerprint density at radius 2 is 1.95 bits per heavy atom. The molecule has 12 heteroatoms. The van der Waals surface area contributed by atoms with Crippen molar-refractivity contribution >= 4 is 44.5 Å². The fraction of sp³-hybridized carbons (Fsp3) is 0.129. The van der Waals surface area contributed by atoms with Crippen LogP contribution in [0.2, 0.25) is 0 Å². The molecule has 6 aromatic rings. The minimum absolute atomic E-state index is 0.158. The van der Waals surface area contributed by atoms with Gasteiger partial charge < -0.3 is 21.5 Å². The first-order valence-corrected chi connectivity index (χ1v) is 14.4. The molecule has 1 amide bonds. The number of nitrogens with one attached hydrogen (secondary N) is 1. The highest BCUT2D eigenvalue weighted by atomic mass is 79.9. The number of hydrogen-bond acceptors (Lipinski definition) is 8. The lowest BCUT2D eigenvalue weighted by Crippen LogP contribution is -2.28. The first-order chi connectivity index (χ1) is 20.9. The molecule has 43 heavy (non-hydrogen) atoms. The van der Waals surface area contributed by atoms with E-state index in [9.17, 15) is 4.79 Å². The number of imidazole rings is 1. The van der Waals surface area contributed by atoms with Crippen molar-refractivity contribution in [1.29, 1.82) is 0 Å². The van der Waals surface area contributed by atoms with E-state index in [2.05, 4.69) is 43.5 Å². The molecule has 11 nitrogen and oxygen atoms in total. The van der Waals surface area contributed by atoms with Crippen LogP contribution in [0.5, 0.6) is 5.75 Å². The summed E-state index contributed by atoms with van der Waals surface area (Å²) in [4.78, 5) is 27.4. The number of ether oxygens (including phenoxy) is 1. The number of carbonyl (C=O) groups is 1. The minimum atomic E-state index is -0.243. The second-order valence-corrected chi connectivity index (χ2v) is 11.0. The number of benzene rings is 2. The number of pyridine rings is 2.